The topological polar surface area (TPSA) is 69.6 Å². The van der Waals surface area contributed by atoms with E-state index in [9.17, 15) is 14.7 Å². The van der Waals surface area contributed by atoms with Crippen LogP contribution in [0.1, 0.15) is 46.3 Å². The zero-order valence-corrected chi connectivity index (χ0v) is 25.3. The first-order valence-electron chi connectivity index (χ1n) is 13.9. The van der Waals surface area contributed by atoms with Gasteiger partial charge in [0.25, 0.3) is 5.91 Å². The highest BCUT2D eigenvalue weighted by atomic mass is 32.2. The second kappa shape index (κ2) is 14.8. The van der Waals surface area contributed by atoms with E-state index in [2.05, 4.69) is 52.9 Å². The average Bonchev–Trinajstić information content (AvgIpc) is 3.32. The standard InChI is InChI=1S/C33H40N2O3S2/c1-23-9-7-8-12-28(23)30-20-25(13-16-29(30)32(36)34-31(33(37)38)17-18-39-2)21-35-26(14-15-27(35)22-40-3)19-24-10-5-4-6-11-24/h4-13,16,20,26-27,31H,14-15,17-19,21-22H2,1-3H3,(H,34,36)(H,37,38). The van der Waals surface area contributed by atoms with E-state index in [1.165, 1.54) is 18.4 Å². The van der Waals surface area contributed by atoms with Crippen molar-refractivity contribution in [3.63, 3.8) is 0 Å². The molecular weight excluding hydrogens is 537 g/mol. The number of likely N-dealkylation sites (tertiary alicyclic amines) is 1. The van der Waals surface area contributed by atoms with Gasteiger partial charge in [-0.15, -0.1) is 0 Å². The third-order valence-electron chi connectivity index (χ3n) is 7.79. The van der Waals surface area contributed by atoms with Crippen LogP contribution in [0.5, 0.6) is 0 Å². The molecule has 40 heavy (non-hydrogen) atoms. The second-order valence-electron chi connectivity index (χ2n) is 10.5. The lowest BCUT2D eigenvalue weighted by Gasteiger charge is -2.30. The largest absolute Gasteiger partial charge is 0.480 e. The van der Waals surface area contributed by atoms with Gasteiger partial charge in [-0.05, 0) is 90.8 Å². The smallest absolute Gasteiger partial charge is 0.326 e. The van der Waals surface area contributed by atoms with Gasteiger partial charge in [0.2, 0.25) is 0 Å². The molecule has 212 valence electrons. The summed E-state index contributed by atoms with van der Waals surface area (Å²) < 4.78 is 0. The number of nitrogens with zero attached hydrogens (tertiary/aromatic N) is 1. The van der Waals surface area contributed by atoms with Crippen molar-refractivity contribution >= 4 is 35.4 Å². The minimum atomic E-state index is -1.00. The minimum absolute atomic E-state index is 0.346. The Morgan fingerprint density at radius 3 is 2.35 bits per heavy atom. The molecule has 0 saturated carbocycles. The van der Waals surface area contributed by atoms with Crippen LogP contribution in [-0.2, 0) is 17.8 Å². The summed E-state index contributed by atoms with van der Waals surface area (Å²) in [6.45, 7) is 2.86. The maximum Gasteiger partial charge on any atom is 0.326 e. The lowest BCUT2D eigenvalue weighted by Crippen LogP contribution is -2.41. The Kier molecular flexibility index (Phi) is 11.2. The molecule has 1 aliphatic heterocycles. The average molecular weight is 577 g/mol. The molecule has 0 radical (unpaired) electrons. The maximum absolute atomic E-state index is 13.5. The molecule has 7 heteroatoms. The van der Waals surface area contributed by atoms with Crippen molar-refractivity contribution in [1.82, 2.24) is 10.2 Å². The molecule has 1 aliphatic rings. The van der Waals surface area contributed by atoms with Gasteiger partial charge in [0.15, 0.2) is 0 Å². The van der Waals surface area contributed by atoms with Crippen molar-refractivity contribution in [2.45, 2.75) is 57.3 Å². The fourth-order valence-corrected chi connectivity index (χ4v) is 6.89. The molecule has 1 heterocycles. The molecule has 0 aliphatic carbocycles. The van der Waals surface area contributed by atoms with Gasteiger partial charge in [-0.2, -0.15) is 23.5 Å². The Bertz CT molecular complexity index is 1280. The molecule has 1 fully saturated rings. The molecule has 0 bridgehead atoms. The van der Waals surface area contributed by atoms with Crippen LogP contribution in [-0.4, -0.2) is 64.0 Å². The van der Waals surface area contributed by atoms with Gasteiger partial charge >= 0.3 is 5.97 Å². The van der Waals surface area contributed by atoms with Crippen molar-refractivity contribution in [2.24, 2.45) is 0 Å². The number of carbonyl (C=O) groups is 2. The maximum atomic E-state index is 13.5. The Hall–Kier alpha value is -2.74. The van der Waals surface area contributed by atoms with Crippen LogP contribution in [0.2, 0.25) is 0 Å². The van der Waals surface area contributed by atoms with E-state index in [-0.39, 0.29) is 5.91 Å². The molecular formula is C33H40N2O3S2. The Balaban J connectivity index is 1.65. The Labute approximate surface area is 247 Å². The molecule has 3 atom stereocenters. The van der Waals surface area contributed by atoms with Gasteiger partial charge in [-0.1, -0.05) is 60.7 Å². The lowest BCUT2D eigenvalue weighted by molar-refractivity contribution is -0.139. The fourth-order valence-electron chi connectivity index (χ4n) is 5.68. The van der Waals surface area contributed by atoms with Gasteiger partial charge in [0.1, 0.15) is 6.04 Å². The Morgan fingerprint density at radius 2 is 1.65 bits per heavy atom. The highest BCUT2D eigenvalue weighted by Crippen LogP contribution is 2.33. The first-order chi connectivity index (χ1) is 19.4. The first kappa shape index (κ1) is 30.2. The van der Waals surface area contributed by atoms with Crippen molar-refractivity contribution in [3.05, 3.63) is 95.1 Å². The number of thioether (sulfide) groups is 2. The van der Waals surface area contributed by atoms with Crippen molar-refractivity contribution in [1.29, 1.82) is 0 Å². The molecule has 5 nitrogen and oxygen atoms in total. The van der Waals surface area contributed by atoms with Crippen LogP contribution >= 0.6 is 23.5 Å². The highest BCUT2D eigenvalue weighted by molar-refractivity contribution is 7.98. The van der Waals surface area contributed by atoms with Gasteiger partial charge in [-0.25, -0.2) is 4.79 Å². The fraction of sp³-hybridized carbons (Fsp3) is 0.394. The minimum Gasteiger partial charge on any atom is -0.480 e. The normalized spacial score (nSPS) is 18.0. The predicted octanol–water partition coefficient (Wildman–Crippen LogP) is 6.54. The third kappa shape index (κ3) is 7.71. The van der Waals surface area contributed by atoms with Crippen molar-refractivity contribution < 1.29 is 14.7 Å². The highest BCUT2D eigenvalue weighted by Gasteiger charge is 2.33. The van der Waals surface area contributed by atoms with Gasteiger partial charge in [0.05, 0.1) is 0 Å². The van der Waals surface area contributed by atoms with E-state index in [0.29, 0.717) is 29.8 Å². The van der Waals surface area contributed by atoms with Crippen LogP contribution < -0.4 is 5.32 Å². The van der Waals surface area contributed by atoms with Gasteiger partial charge < -0.3 is 10.4 Å². The number of rotatable bonds is 13. The van der Waals surface area contributed by atoms with E-state index in [4.69, 9.17) is 0 Å². The van der Waals surface area contributed by atoms with Crippen LogP contribution in [0.4, 0.5) is 0 Å². The number of hydrogen-bond donors (Lipinski definition) is 2. The van der Waals surface area contributed by atoms with Crippen molar-refractivity contribution in [3.8, 4) is 11.1 Å². The third-order valence-corrected chi connectivity index (χ3v) is 9.15. The number of carbonyl (C=O) groups excluding carboxylic acids is 1. The van der Waals surface area contributed by atoms with E-state index in [1.807, 2.05) is 61.3 Å². The number of carboxylic acid groups (broad SMARTS) is 1. The Morgan fingerprint density at radius 1 is 0.925 bits per heavy atom. The SMILES string of the molecule is CSCCC(NC(=O)c1ccc(CN2C(CSC)CCC2Cc2ccccc2)cc1-c1ccccc1C)C(=O)O. The molecule has 2 N–H and O–H groups in total. The number of aliphatic carboxylic acids is 1. The predicted molar refractivity (Wildman–Crippen MR) is 169 cm³/mol. The number of hydrogen-bond acceptors (Lipinski definition) is 5. The van der Waals surface area contributed by atoms with Crippen LogP contribution in [0.25, 0.3) is 11.1 Å². The van der Waals surface area contributed by atoms with E-state index < -0.39 is 12.0 Å². The number of benzene rings is 3. The summed E-state index contributed by atoms with van der Waals surface area (Å²) >= 11 is 3.47. The summed E-state index contributed by atoms with van der Waals surface area (Å²) in [7, 11) is 0. The first-order valence-corrected chi connectivity index (χ1v) is 16.7. The summed E-state index contributed by atoms with van der Waals surface area (Å²) in [4.78, 5) is 28.0. The van der Waals surface area contributed by atoms with Crippen LogP contribution in [0, 0.1) is 6.92 Å². The molecule has 3 aromatic carbocycles. The summed E-state index contributed by atoms with van der Waals surface area (Å²) in [5.74, 6) is 0.414. The molecule has 0 spiro atoms. The van der Waals surface area contributed by atoms with Crippen molar-refractivity contribution in [2.75, 3.05) is 24.0 Å². The molecule has 1 saturated heterocycles. The number of carboxylic acids is 1. The van der Waals surface area contributed by atoms with Crippen LogP contribution in [0.3, 0.4) is 0 Å². The van der Waals surface area contributed by atoms with E-state index in [0.717, 1.165) is 41.0 Å². The number of aryl methyl sites for hydroxylation is 1. The number of amides is 1. The zero-order valence-electron chi connectivity index (χ0n) is 23.6. The molecule has 1 amide bonds. The zero-order chi connectivity index (χ0) is 28.5. The summed E-state index contributed by atoms with van der Waals surface area (Å²) in [6, 6.07) is 24.9. The molecule has 3 unspecified atom stereocenters. The van der Waals surface area contributed by atoms with Crippen LogP contribution in [0.15, 0.2) is 72.8 Å². The second-order valence-corrected chi connectivity index (χ2v) is 12.4. The van der Waals surface area contributed by atoms with Gasteiger partial charge in [-0.3, -0.25) is 9.69 Å². The van der Waals surface area contributed by atoms with Gasteiger partial charge in [0, 0.05) is 29.9 Å². The van der Waals surface area contributed by atoms with E-state index >= 15 is 0 Å². The number of nitrogens with one attached hydrogen (secondary N) is 1. The van der Waals surface area contributed by atoms with E-state index in [1.54, 1.807) is 11.8 Å². The summed E-state index contributed by atoms with van der Waals surface area (Å²) in [5, 5.41) is 12.5. The summed E-state index contributed by atoms with van der Waals surface area (Å²) in [5.41, 5.74) is 5.96. The monoisotopic (exact) mass is 576 g/mol. The summed E-state index contributed by atoms with van der Waals surface area (Å²) in [6.07, 6.45) is 7.90. The molecule has 4 rings (SSSR count). The molecule has 3 aromatic rings. The quantitative estimate of drug-likeness (QED) is 0.241. The molecule has 0 aromatic heterocycles. The lowest BCUT2D eigenvalue weighted by atomic mass is 9.93.